The molecular formula is C21H18ClF2NO3. The fourth-order valence-corrected chi connectivity index (χ4v) is 3.58. The lowest BCUT2D eigenvalue weighted by atomic mass is 10.0. The Morgan fingerprint density at radius 3 is 2.68 bits per heavy atom. The van der Waals surface area contributed by atoms with Gasteiger partial charge in [0.2, 0.25) is 0 Å². The summed E-state index contributed by atoms with van der Waals surface area (Å²) in [5, 5.41) is 0.582. The third-order valence-corrected chi connectivity index (χ3v) is 5.11. The van der Waals surface area contributed by atoms with Crippen molar-refractivity contribution < 1.29 is 23.0 Å². The fourth-order valence-electron chi connectivity index (χ4n) is 3.40. The van der Waals surface area contributed by atoms with Crippen LogP contribution in [0.1, 0.15) is 18.4 Å². The molecule has 2 aliphatic heterocycles. The minimum absolute atomic E-state index is 0.0306. The Balaban J connectivity index is 1.38. The summed E-state index contributed by atoms with van der Waals surface area (Å²) in [6.07, 6.45) is 2.72. The van der Waals surface area contributed by atoms with Crippen LogP contribution in [0.4, 0.5) is 8.78 Å². The Morgan fingerprint density at radius 1 is 1.14 bits per heavy atom. The van der Waals surface area contributed by atoms with Gasteiger partial charge in [-0.3, -0.25) is 4.79 Å². The molecule has 146 valence electrons. The molecule has 0 aromatic heterocycles. The standard InChI is InChI=1S/C21H18ClF2NO3/c22-15-1-3-19-13(10-15)9-14(12-27-19)21(26)25-7-5-17(6-8-25)28-20-4-2-16(23)11-18(20)24/h1-4,9-11,17H,5-8,12H2. The van der Waals surface area contributed by atoms with Crippen LogP contribution in [0.25, 0.3) is 6.08 Å². The van der Waals surface area contributed by atoms with Gasteiger partial charge < -0.3 is 14.4 Å². The van der Waals surface area contributed by atoms with Crippen LogP contribution < -0.4 is 9.47 Å². The molecule has 7 heteroatoms. The topological polar surface area (TPSA) is 38.8 Å². The van der Waals surface area contributed by atoms with E-state index in [4.69, 9.17) is 21.1 Å². The molecule has 0 radical (unpaired) electrons. The summed E-state index contributed by atoms with van der Waals surface area (Å²) in [5.41, 5.74) is 1.35. The normalized spacial score (nSPS) is 16.8. The van der Waals surface area contributed by atoms with Gasteiger partial charge in [-0.1, -0.05) is 11.6 Å². The molecule has 2 aromatic rings. The van der Waals surface area contributed by atoms with E-state index in [-0.39, 0.29) is 24.4 Å². The molecule has 2 heterocycles. The zero-order valence-corrected chi connectivity index (χ0v) is 15.7. The molecule has 0 unspecified atom stereocenters. The van der Waals surface area contributed by atoms with Crippen molar-refractivity contribution >= 4 is 23.6 Å². The minimum Gasteiger partial charge on any atom is -0.488 e. The zero-order chi connectivity index (χ0) is 19.7. The lowest BCUT2D eigenvalue weighted by Gasteiger charge is -2.33. The maximum absolute atomic E-state index is 13.7. The Hall–Kier alpha value is -2.60. The molecule has 0 bridgehead atoms. The summed E-state index contributed by atoms with van der Waals surface area (Å²) in [7, 11) is 0. The van der Waals surface area contributed by atoms with Crippen molar-refractivity contribution in [3.63, 3.8) is 0 Å². The molecule has 1 saturated heterocycles. The number of ether oxygens (including phenoxy) is 2. The SMILES string of the molecule is O=C(C1=Cc2cc(Cl)ccc2OC1)N1CCC(Oc2ccc(F)cc2F)CC1. The average Bonchev–Trinajstić information content (AvgIpc) is 2.69. The Morgan fingerprint density at radius 2 is 1.93 bits per heavy atom. The summed E-state index contributed by atoms with van der Waals surface area (Å²) in [6, 6.07) is 8.54. The van der Waals surface area contributed by atoms with Crippen molar-refractivity contribution in [2.24, 2.45) is 0 Å². The third kappa shape index (κ3) is 3.97. The highest BCUT2D eigenvalue weighted by Crippen LogP contribution is 2.30. The lowest BCUT2D eigenvalue weighted by molar-refractivity contribution is -0.129. The number of piperidine rings is 1. The maximum Gasteiger partial charge on any atom is 0.253 e. The lowest BCUT2D eigenvalue weighted by Crippen LogP contribution is -2.43. The highest BCUT2D eigenvalue weighted by Gasteiger charge is 2.28. The number of amides is 1. The van der Waals surface area contributed by atoms with Crippen molar-refractivity contribution in [1.29, 1.82) is 0 Å². The van der Waals surface area contributed by atoms with Gasteiger partial charge >= 0.3 is 0 Å². The van der Waals surface area contributed by atoms with E-state index in [0.29, 0.717) is 42.3 Å². The van der Waals surface area contributed by atoms with Crippen molar-refractivity contribution in [1.82, 2.24) is 4.90 Å². The molecule has 0 saturated carbocycles. The molecule has 28 heavy (non-hydrogen) atoms. The van der Waals surface area contributed by atoms with Crippen molar-refractivity contribution in [3.05, 3.63) is 64.2 Å². The molecule has 4 nitrogen and oxygen atoms in total. The van der Waals surface area contributed by atoms with E-state index in [1.54, 1.807) is 23.1 Å². The summed E-state index contributed by atoms with van der Waals surface area (Å²) < 4.78 is 38.0. The molecule has 4 rings (SSSR count). The Bertz CT molecular complexity index is 939. The number of carbonyl (C=O) groups is 1. The van der Waals surface area contributed by atoms with Crippen LogP contribution in [0, 0.1) is 11.6 Å². The molecule has 2 aromatic carbocycles. The van der Waals surface area contributed by atoms with E-state index >= 15 is 0 Å². The van der Waals surface area contributed by atoms with Crippen molar-refractivity contribution in [3.8, 4) is 11.5 Å². The van der Waals surface area contributed by atoms with Crippen LogP contribution in [0.15, 0.2) is 42.0 Å². The highest BCUT2D eigenvalue weighted by atomic mass is 35.5. The smallest absolute Gasteiger partial charge is 0.253 e. The largest absolute Gasteiger partial charge is 0.488 e. The van der Waals surface area contributed by atoms with E-state index in [1.807, 2.05) is 6.08 Å². The third-order valence-electron chi connectivity index (χ3n) is 4.88. The summed E-state index contributed by atoms with van der Waals surface area (Å²) in [5.74, 6) is -0.717. The summed E-state index contributed by atoms with van der Waals surface area (Å²) in [4.78, 5) is 14.5. The molecule has 2 aliphatic rings. The first-order valence-electron chi connectivity index (χ1n) is 9.03. The van der Waals surface area contributed by atoms with E-state index in [0.717, 1.165) is 17.7 Å². The number of rotatable bonds is 3. The molecule has 1 fully saturated rings. The van der Waals surface area contributed by atoms with Gasteiger partial charge in [-0.05, 0) is 36.4 Å². The number of carbonyl (C=O) groups excluding carboxylic acids is 1. The van der Waals surface area contributed by atoms with E-state index < -0.39 is 11.6 Å². The number of benzene rings is 2. The van der Waals surface area contributed by atoms with Crippen molar-refractivity contribution in [2.75, 3.05) is 19.7 Å². The highest BCUT2D eigenvalue weighted by molar-refractivity contribution is 6.30. The van der Waals surface area contributed by atoms with Crippen molar-refractivity contribution in [2.45, 2.75) is 18.9 Å². The first-order chi connectivity index (χ1) is 13.5. The monoisotopic (exact) mass is 405 g/mol. The molecule has 0 aliphatic carbocycles. The van der Waals surface area contributed by atoms with Gasteiger partial charge in [-0.2, -0.15) is 0 Å². The quantitative estimate of drug-likeness (QED) is 0.756. The summed E-state index contributed by atoms with van der Waals surface area (Å²) >= 11 is 6.01. The van der Waals surface area contributed by atoms with Crippen LogP contribution in [0.5, 0.6) is 11.5 Å². The molecule has 1 amide bonds. The van der Waals surface area contributed by atoms with Crippen LogP contribution in [0.3, 0.4) is 0 Å². The van der Waals surface area contributed by atoms with Crippen LogP contribution in [-0.4, -0.2) is 36.6 Å². The molecule has 0 atom stereocenters. The van der Waals surface area contributed by atoms with E-state index in [1.165, 1.54) is 6.07 Å². The second-order valence-electron chi connectivity index (χ2n) is 6.82. The Kier molecular flexibility index (Phi) is 5.22. The fraction of sp³-hybridized carbons (Fsp3) is 0.286. The molecule has 0 spiro atoms. The average molecular weight is 406 g/mol. The number of likely N-dealkylation sites (tertiary alicyclic amines) is 1. The first kappa shape index (κ1) is 18.7. The molecular weight excluding hydrogens is 388 g/mol. The van der Waals surface area contributed by atoms with Gasteiger partial charge in [0.15, 0.2) is 11.6 Å². The zero-order valence-electron chi connectivity index (χ0n) is 15.0. The number of nitrogens with zero attached hydrogens (tertiary/aromatic N) is 1. The number of fused-ring (bicyclic) bond motifs is 1. The second kappa shape index (κ2) is 7.80. The van der Waals surface area contributed by atoms with Gasteiger partial charge in [0, 0.05) is 42.6 Å². The number of hydrogen-bond donors (Lipinski definition) is 0. The van der Waals surface area contributed by atoms with Crippen LogP contribution in [0.2, 0.25) is 5.02 Å². The predicted octanol–water partition coefficient (Wildman–Crippen LogP) is 4.46. The molecule has 0 N–H and O–H groups in total. The Labute approximate surface area is 166 Å². The van der Waals surface area contributed by atoms with Gasteiger partial charge in [0.05, 0.1) is 5.57 Å². The minimum atomic E-state index is -0.722. The van der Waals surface area contributed by atoms with E-state index in [2.05, 4.69) is 0 Å². The second-order valence-corrected chi connectivity index (χ2v) is 7.26. The van der Waals surface area contributed by atoms with Crippen LogP contribution >= 0.6 is 11.6 Å². The van der Waals surface area contributed by atoms with E-state index in [9.17, 15) is 13.6 Å². The van der Waals surface area contributed by atoms with Gasteiger partial charge in [0.1, 0.15) is 24.3 Å². The van der Waals surface area contributed by atoms with Crippen LogP contribution in [-0.2, 0) is 4.79 Å². The first-order valence-corrected chi connectivity index (χ1v) is 9.41. The number of halogens is 3. The van der Waals surface area contributed by atoms with Gasteiger partial charge in [-0.25, -0.2) is 8.78 Å². The summed E-state index contributed by atoms with van der Waals surface area (Å²) in [6.45, 7) is 1.20. The maximum atomic E-state index is 13.7. The number of hydrogen-bond acceptors (Lipinski definition) is 3. The predicted molar refractivity (Wildman–Crippen MR) is 102 cm³/mol. The van der Waals surface area contributed by atoms with Gasteiger partial charge in [0.25, 0.3) is 5.91 Å². The van der Waals surface area contributed by atoms with Gasteiger partial charge in [-0.15, -0.1) is 0 Å².